The number of hydrogen-bond acceptors (Lipinski definition) is 3. The maximum atomic E-state index is 13.7. The number of rotatable bonds is 3. The highest BCUT2D eigenvalue weighted by atomic mass is 35.5. The van der Waals surface area contributed by atoms with Crippen molar-refractivity contribution in [3.63, 3.8) is 0 Å². The Hall–Kier alpha value is -2.73. The molecule has 3 rings (SSSR count). The van der Waals surface area contributed by atoms with Crippen molar-refractivity contribution in [2.24, 2.45) is 7.05 Å². The van der Waals surface area contributed by atoms with Gasteiger partial charge in [-0.25, -0.2) is 4.39 Å². The Balaban J connectivity index is 1.87. The zero-order valence-electron chi connectivity index (χ0n) is 12.1. The van der Waals surface area contributed by atoms with Gasteiger partial charge in [0.25, 0.3) is 5.91 Å². The van der Waals surface area contributed by atoms with Crippen molar-refractivity contribution >= 4 is 23.2 Å². The Kier molecular flexibility index (Phi) is 4.08. The number of halogens is 2. The SMILES string of the molecule is Cn1cc(-c2cncc(C(=O)Nc3cc(Cl)ccc3F)c2)cn1. The Labute approximate surface area is 136 Å². The molecule has 0 saturated heterocycles. The Morgan fingerprint density at radius 2 is 2.04 bits per heavy atom. The molecule has 2 aromatic heterocycles. The number of hydrogen-bond donors (Lipinski definition) is 1. The molecule has 116 valence electrons. The molecule has 0 atom stereocenters. The summed E-state index contributed by atoms with van der Waals surface area (Å²) in [7, 11) is 1.80. The second kappa shape index (κ2) is 6.18. The average Bonchev–Trinajstić information content (AvgIpc) is 2.97. The molecule has 0 aliphatic heterocycles. The molecule has 0 aliphatic carbocycles. The van der Waals surface area contributed by atoms with Crippen LogP contribution in [0.2, 0.25) is 5.02 Å². The van der Waals surface area contributed by atoms with Crippen molar-refractivity contribution in [3.8, 4) is 11.1 Å². The summed E-state index contributed by atoms with van der Waals surface area (Å²) in [5.41, 5.74) is 1.92. The molecule has 2 heterocycles. The van der Waals surface area contributed by atoms with Gasteiger partial charge in [0, 0.05) is 41.8 Å². The molecular weight excluding hydrogens is 319 g/mol. The number of aryl methyl sites for hydroxylation is 1. The summed E-state index contributed by atoms with van der Waals surface area (Å²) in [5, 5.41) is 6.91. The van der Waals surface area contributed by atoms with Gasteiger partial charge in [0.2, 0.25) is 0 Å². The minimum absolute atomic E-state index is 0.0225. The van der Waals surface area contributed by atoms with Gasteiger partial charge in [0.15, 0.2) is 0 Å². The van der Waals surface area contributed by atoms with E-state index in [-0.39, 0.29) is 5.69 Å². The van der Waals surface area contributed by atoms with Crippen LogP contribution in [0.15, 0.2) is 49.1 Å². The molecule has 1 amide bonds. The highest BCUT2D eigenvalue weighted by molar-refractivity contribution is 6.31. The lowest BCUT2D eigenvalue weighted by Gasteiger charge is -2.07. The van der Waals surface area contributed by atoms with Crippen LogP contribution in [-0.2, 0) is 7.05 Å². The molecule has 0 spiro atoms. The van der Waals surface area contributed by atoms with E-state index in [2.05, 4.69) is 15.4 Å². The highest BCUT2D eigenvalue weighted by Crippen LogP contribution is 2.22. The van der Waals surface area contributed by atoms with Crippen LogP contribution in [0.5, 0.6) is 0 Å². The number of pyridine rings is 1. The molecule has 0 radical (unpaired) electrons. The summed E-state index contributed by atoms with van der Waals surface area (Å²) in [6.45, 7) is 0. The van der Waals surface area contributed by atoms with Crippen LogP contribution in [0.25, 0.3) is 11.1 Å². The van der Waals surface area contributed by atoms with E-state index in [1.54, 1.807) is 30.2 Å². The summed E-state index contributed by atoms with van der Waals surface area (Å²) in [5.74, 6) is -1.02. The van der Waals surface area contributed by atoms with E-state index in [0.29, 0.717) is 10.6 Å². The third-order valence-corrected chi connectivity index (χ3v) is 3.45. The highest BCUT2D eigenvalue weighted by Gasteiger charge is 2.12. The van der Waals surface area contributed by atoms with Crippen LogP contribution in [0.4, 0.5) is 10.1 Å². The quantitative estimate of drug-likeness (QED) is 0.799. The van der Waals surface area contributed by atoms with Gasteiger partial charge >= 0.3 is 0 Å². The van der Waals surface area contributed by atoms with Gasteiger partial charge in [-0.3, -0.25) is 14.5 Å². The van der Waals surface area contributed by atoms with Gasteiger partial charge < -0.3 is 5.32 Å². The first kappa shape index (κ1) is 15.2. The van der Waals surface area contributed by atoms with Crippen molar-refractivity contribution in [2.75, 3.05) is 5.32 Å². The standard InChI is InChI=1S/C16H12ClFN4O/c1-22-9-12(8-20-22)10-4-11(7-19-6-10)16(23)21-15-5-13(17)2-3-14(15)18/h2-9H,1H3,(H,21,23). The van der Waals surface area contributed by atoms with Gasteiger partial charge in [-0.05, 0) is 24.3 Å². The number of amides is 1. The normalized spacial score (nSPS) is 10.6. The lowest BCUT2D eigenvalue weighted by Crippen LogP contribution is -2.13. The Bertz CT molecular complexity index is 878. The second-order valence-corrected chi connectivity index (χ2v) is 5.38. The monoisotopic (exact) mass is 330 g/mol. The molecule has 23 heavy (non-hydrogen) atoms. The van der Waals surface area contributed by atoms with Crippen LogP contribution < -0.4 is 5.32 Å². The van der Waals surface area contributed by atoms with E-state index >= 15 is 0 Å². The summed E-state index contributed by atoms with van der Waals surface area (Å²) in [6, 6.07) is 5.63. The van der Waals surface area contributed by atoms with Crippen LogP contribution >= 0.6 is 11.6 Å². The van der Waals surface area contributed by atoms with Crippen LogP contribution in [0.1, 0.15) is 10.4 Å². The smallest absolute Gasteiger partial charge is 0.257 e. The number of aromatic nitrogens is 3. The summed E-state index contributed by atoms with van der Waals surface area (Å²) in [6.07, 6.45) is 6.54. The van der Waals surface area contributed by atoms with Crippen molar-refractivity contribution < 1.29 is 9.18 Å². The molecule has 0 bridgehead atoms. The Morgan fingerprint density at radius 1 is 1.22 bits per heavy atom. The fraction of sp³-hybridized carbons (Fsp3) is 0.0625. The maximum Gasteiger partial charge on any atom is 0.257 e. The topological polar surface area (TPSA) is 59.8 Å². The van der Waals surface area contributed by atoms with Crippen LogP contribution in [-0.4, -0.2) is 20.7 Å². The summed E-state index contributed by atoms with van der Waals surface area (Å²) >= 11 is 5.81. The largest absolute Gasteiger partial charge is 0.319 e. The third kappa shape index (κ3) is 3.37. The number of carbonyl (C=O) groups excluding carboxylic acids is 1. The molecule has 0 saturated carbocycles. The van der Waals surface area contributed by atoms with Crippen LogP contribution in [0.3, 0.4) is 0 Å². The minimum Gasteiger partial charge on any atom is -0.319 e. The molecule has 1 aromatic carbocycles. The zero-order valence-corrected chi connectivity index (χ0v) is 12.9. The molecule has 0 aliphatic rings. The molecule has 7 heteroatoms. The van der Waals surface area contributed by atoms with E-state index in [1.807, 2.05) is 6.20 Å². The number of nitrogens with zero attached hydrogens (tertiary/aromatic N) is 3. The number of anilines is 1. The van der Waals surface area contributed by atoms with Gasteiger partial charge in [0.05, 0.1) is 17.4 Å². The predicted molar refractivity (Wildman–Crippen MR) is 85.8 cm³/mol. The van der Waals surface area contributed by atoms with E-state index in [9.17, 15) is 9.18 Å². The van der Waals surface area contributed by atoms with E-state index < -0.39 is 11.7 Å². The summed E-state index contributed by atoms with van der Waals surface area (Å²) < 4.78 is 15.3. The van der Waals surface area contributed by atoms with E-state index in [0.717, 1.165) is 11.1 Å². The lowest BCUT2D eigenvalue weighted by molar-refractivity contribution is 0.102. The summed E-state index contributed by atoms with van der Waals surface area (Å²) in [4.78, 5) is 16.3. The van der Waals surface area contributed by atoms with Crippen molar-refractivity contribution in [2.45, 2.75) is 0 Å². The molecular formula is C16H12ClFN4O. The first-order valence-electron chi connectivity index (χ1n) is 6.73. The maximum absolute atomic E-state index is 13.7. The fourth-order valence-electron chi connectivity index (χ4n) is 2.08. The first-order valence-corrected chi connectivity index (χ1v) is 7.11. The molecule has 5 nitrogen and oxygen atoms in total. The van der Waals surface area contributed by atoms with E-state index in [1.165, 1.54) is 24.4 Å². The molecule has 0 fully saturated rings. The van der Waals surface area contributed by atoms with Crippen LogP contribution in [0, 0.1) is 5.82 Å². The van der Waals surface area contributed by atoms with Gasteiger partial charge in [-0.2, -0.15) is 5.10 Å². The number of benzene rings is 1. The van der Waals surface area contributed by atoms with Crippen molar-refractivity contribution in [1.29, 1.82) is 0 Å². The predicted octanol–water partition coefficient (Wildman–Crippen LogP) is 3.53. The first-order chi connectivity index (χ1) is 11.0. The van der Waals surface area contributed by atoms with Crippen molar-refractivity contribution in [3.05, 3.63) is 65.5 Å². The Morgan fingerprint density at radius 3 is 2.78 bits per heavy atom. The van der Waals surface area contributed by atoms with Gasteiger partial charge in [0.1, 0.15) is 5.82 Å². The minimum atomic E-state index is -0.556. The number of carbonyl (C=O) groups is 1. The van der Waals surface area contributed by atoms with Crippen molar-refractivity contribution in [1.82, 2.24) is 14.8 Å². The molecule has 1 N–H and O–H groups in total. The second-order valence-electron chi connectivity index (χ2n) is 4.94. The number of nitrogens with one attached hydrogen (secondary N) is 1. The van der Waals surface area contributed by atoms with Gasteiger partial charge in [-0.1, -0.05) is 11.6 Å². The third-order valence-electron chi connectivity index (χ3n) is 3.22. The molecule has 3 aromatic rings. The van der Waals surface area contributed by atoms with E-state index in [4.69, 9.17) is 11.6 Å². The lowest BCUT2D eigenvalue weighted by atomic mass is 10.1. The fourth-order valence-corrected chi connectivity index (χ4v) is 2.25. The average molecular weight is 331 g/mol. The zero-order chi connectivity index (χ0) is 16.4. The molecule has 0 unspecified atom stereocenters. The van der Waals surface area contributed by atoms with Gasteiger partial charge in [-0.15, -0.1) is 0 Å².